The van der Waals surface area contributed by atoms with Gasteiger partial charge in [-0.15, -0.1) is 0 Å². The number of imide groups is 1. The van der Waals surface area contributed by atoms with Crippen LogP contribution >= 0.6 is 0 Å². The molecule has 0 N–H and O–H groups in total. The number of nitrogens with zero attached hydrogens (tertiary/aromatic N) is 3. The van der Waals surface area contributed by atoms with E-state index in [0.29, 0.717) is 17.7 Å². The second-order valence-corrected chi connectivity index (χ2v) is 8.31. The van der Waals surface area contributed by atoms with E-state index in [2.05, 4.69) is 0 Å². The highest BCUT2D eigenvalue weighted by Crippen LogP contribution is 2.64. The Morgan fingerprint density at radius 2 is 1.55 bits per heavy atom. The molecule has 29 heavy (non-hydrogen) atoms. The average molecular weight is 391 g/mol. The molecule has 1 fully saturated rings. The molecule has 1 saturated heterocycles. The number of likely N-dealkylation sites (N-methyl/N-ethyl adjacent to an activating group) is 1. The Morgan fingerprint density at radius 1 is 1.00 bits per heavy atom. The van der Waals surface area contributed by atoms with Crippen LogP contribution in [0.4, 0.5) is 0 Å². The first-order valence-electron chi connectivity index (χ1n) is 9.74. The van der Waals surface area contributed by atoms with E-state index in [9.17, 15) is 19.7 Å². The molecule has 1 aliphatic heterocycles. The molecule has 148 valence electrons. The lowest BCUT2D eigenvalue weighted by atomic mass is 9.51. The van der Waals surface area contributed by atoms with Crippen LogP contribution in [-0.4, -0.2) is 53.7 Å². The molecule has 4 aliphatic rings. The van der Waals surface area contributed by atoms with Crippen molar-refractivity contribution in [1.29, 1.82) is 0 Å². The monoisotopic (exact) mass is 391 g/mol. The molecule has 0 aromatic heterocycles. The van der Waals surface area contributed by atoms with Gasteiger partial charge in [-0.25, -0.2) is 0 Å². The van der Waals surface area contributed by atoms with Gasteiger partial charge in [0.05, 0.1) is 5.92 Å². The second kappa shape index (κ2) is 5.97. The number of amides is 2. The molecule has 1 heterocycles. The largest absolute Gasteiger partial charge is 0.308 e. The molecular weight excluding hydrogens is 370 g/mol. The molecule has 0 saturated carbocycles. The Hall–Kier alpha value is -3.06. The number of hydrogen-bond donors (Lipinski definition) is 0. The summed E-state index contributed by atoms with van der Waals surface area (Å²) in [6.07, 6.45) is 0. The van der Waals surface area contributed by atoms with Gasteiger partial charge in [0.2, 0.25) is 11.8 Å². The van der Waals surface area contributed by atoms with Crippen LogP contribution in [0.15, 0.2) is 48.5 Å². The van der Waals surface area contributed by atoms with Crippen LogP contribution in [0, 0.1) is 22.0 Å². The zero-order valence-corrected chi connectivity index (χ0v) is 16.2. The van der Waals surface area contributed by atoms with Crippen molar-refractivity contribution < 1.29 is 14.5 Å². The van der Waals surface area contributed by atoms with E-state index in [0.717, 1.165) is 11.1 Å². The number of carbonyl (C=O) groups excluding carboxylic acids is 2. The Balaban J connectivity index is 1.79. The summed E-state index contributed by atoms with van der Waals surface area (Å²) in [5.74, 6) is -2.80. The van der Waals surface area contributed by atoms with Gasteiger partial charge in [0.1, 0.15) is 5.92 Å². The summed E-state index contributed by atoms with van der Waals surface area (Å²) in [6.45, 7) is 0.762. The zero-order valence-electron chi connectivity index (χ0n) is 16.2. The molecule has 7 nitrogen and oxygen atoms in total. The van der Waals surface area contributed by atoms with Crippen molar-refractivity contribution in [3.63, 3.8) is 0 Å². The molecule has 2 atom stereocenters. The molecule has 3 aliphatic carbocycles. The van der Waals surface area contributed by atoms with Crippen LogP contribution in [0.25, 0.3) is 0 Å². The summed E-state index contributed by atoms with van der Waals surface area (Å²) >= 11 is 0. The van der Waals surface area contributed by atoms with Crippen LogP contribution in [-0.2, 0) is 15.1 Å². The second-order valence-electron chi connectivity index (χ2n) is 8.31. The van der Waals surface area contributed by atoms with Gasteiger partial charge in [-0.2, -0.15) is 0 Å². The van der Waals surface area contributed by atoms with Crippen LogP contribution in [0.5, 0.6) is 0 Å². The summed E-state index contributed by atoms with van der Waals surface area (Å²) in [5, 5.41) is 12.7. The molecular formula is C22H21N3O4. The summed E-state index contributed by atoms with van der Waals surface area (Å²) in [6, 6.07) is 14.5. The Morgan fingerprint density at radius 3 is 2.07 bits per heavy atom. The summed E-state index contributed by atoms with van der Waals surface area (Å²) < 4.78 is 0. The molecule has 0 unspecified atom stereocenters. The van der Waals surface area contributed by atoms with Gasteiger partial charge in [-0.1, -0.05) is 48.5 Å². The number of likely N-dealkylation sites (tertiary alicyclic amines) is 1. The lowest BCUT2D eigenvalue weighted by Crippen LogP contribution is -2.57. The summed E-state index contributed by atoms with van der Waals surface area (Å²) in [4.78, 5) is 42.4. The normalized spacial score (nSPS) is 29.1. The maximum Gasteiger partial charge on any atom is 0.284 e. The molecule has 2 amide bonds. The molecule has 7 heteroatoms. The third kappa shape index (κ3) is 2.05. The van der Waals surface area contributed by atoms with E-state index >= 15 is 0 Å². The highest BCUT2D eigenvalue weighted by molar-refractivity contribution is 6.08. The quantitative estimate of drug-likeness (QED) is 0.451. The maximum absolute atomic E-state index is 13.5. The van der Waals surface area contributed by atoms with Crippen molar-refractivity contribution in [2.75, 3.05) is 27.2 Å². The molecule has 0 spiro atoms. The van der Waals surface area contributed by atoms with E-state index in [1.54, 1.807) is 24.3 Å². The van der Waals surface area contributed by atoms with Crippen LogP contribution in [0.1, 0.15) is 28.2 Å². The average Bonchev–Trinajstić information content (AvgIpc) is 2.97. The summed E-state index contributed by atoms with van der Waals surface area (Å²) in [5.41, 5.74) is 0.947. The third-order valence-electron chi connectivity index (χ3n) is 6.72. The minimum atomic E-state index is -1.73. The fraction of sp³-hybridized carbons (Fsp3) is 0.364. The number of nitro groups is 1. The van der Waals surface area contributed by atoms with E-state index in [1.807, 2.05) is 43.3 Å². The molecule has 2 aromatic rings. The minimum Gasteiger partial charge on any atom is -0.308 e. The van der Waals surface area contributed by atoms with Crippen molar-refractivity contribution in [3.8, 4) is 0 Å². The van der Waals surface area contributed by atoms with Gasteiger partial charge in [0.25, 0.3) is 5.54 Å². The predicted octanol–water partition coefficient (Wildman–Crippen LogP) is 1.83. The highest BCUT2D eigenvalue weighted by atomic mass is 16.6. The van der Waals surface area contributed by atoms with Gasteiger partial charge in [0, 0.05) is 35.1 Å². The van der Waals surface area contributed by atoms with Crippen molar-refractivity contribution in [2.24, 2.45) is 11.8 Å². The van der Waals surface area contributed by atoms with Gasteiger partial charge in [-0.05, 0) is 25.2 Å². The number of rotatable bonds is 4. The van der Waals surface area contributed by atoms with Crippen molar-refractivity contribution in [3.05, 3.63) is 80.9 Å². The predicted molar refractivity (Wildman–Crippen MR) is 105 cm³/mol. The molecule has 6 rings (SSSR count). The maximum atomic E-state index is 13.5. The van der Waals surface area contributed by atoms with E-state index < -0.39 is 23.3 Å². The van der Waals surface area contributed by atoms with Crippen molar-refractivity contribution in [1.82, 2.24) is 9.80 Å². The Kier molecular flexibility index (Phi) is 3.70. The molecule has 0 radical (unpaired) electrons. The zero-order chi connectivity index (χ0) is 20.5. The first kappa shape index (κ1) is 18.0. The molecule has 2 bridgehead atoms. The van der Waals surface area contributed by atoms with Crippen molar-refractivity contribution in [2.45, 2.75) is 11.5 Å². The van der Waals surface area contributed by atoms with Crippen molar-refractivity contribution >= 4 is 11.8 Å². The van der Waals surface area contributed by atoms with E-state index in [-0.39, 0.29) is 23.3 Å². The first-order valence-corrected chi connectivity index (χ1v) is 9.74. The van der Waals surface area contributed by atoms with Crippen LogP contribution in [0.2, 0.25) is 0 Å². The lowest BCUT2D eigenvalue weighted by Gasteiger charge is -2.48. The highest BCUT2D eigenvalue weighted by Gasteiger charge is 2.74. The fourth-order valence-corrected chi connectivity index (χ4v) is 5.62. The topological polar surface area (TPSA) is 83.8 Å². The lowest BCUT2D eigenvalue weighted by molar-refractivity contribution is -0.578. The van der Waals surface area contributed by atoms with Gasteiger partial charge in [-0.3, -0.25) is 24.6 Å². The summed E-state index contributed by atoms with van der Waals surface area (Å²) in [7, 11) is 3.73. The van der Waals surface area contributed by atoms with Gasteiger partial charge >= 0.3 is 0 Å². The fourth-order valence-electron chi connectivity index (χ4n) is 5.62. The third-order valence-corrected chi connectivity index (χ3v) is 6.72. The van der Waals surface area contributed by atoms with E-state index in [4.69, 9.17) is 0 Å². The Labute approximate surface area is 168 Å². The standard InChI is InChI=1S/C22H21N3O4/c1-23(2)11-12-24-20(26)18-17-13-7-3-5-9-15(13)22(25(28)29,19(18)21(24)27)16-10-6-4-8-14(16)17/h3-10,17-19H,11-12H2,1-2H3/t17?,18-,19-,22?/m1/s1. The Bertz CT molecular complexity index is 1020. The minimum absolute atomic E-state index is 0.241. The van der Waals surface area contributed by atoms with Crippen LogP contribution in [0.3, 0.4) is 0 Å². The van der Waals surface area contributed by atoms with Gasteiger partial charge in [0.15, 0.2) is 0 Å². The number of benzene rings is 2. The smallest absolute Gasteiger partial charge is 0.284 e. The van der Waals surface area contributed by atoms with E-state index in [1.165, 1.54) is 4.90 Å². The number of hydrogen-bond acceptors (Lipinski definition) is 5. The first-order chi connectivity index (χ1) is 13.9. The van der Waals surface area contributed by atoms with Gasteiger partial charge < -0.3 is 4.90 Å². The van der Waals surface area contributed by atoms with Crippen LogP contribution < -0.4 is 0 Å². The number of carbonyl (C=O) groups is 2. The SMILES string of the molecule is CN(C)CCN1C(=O)[C@@H]2C3c4ccccc4C([N+](=O)[O-])(c4ccccc43)[C@H]2C1=O. The molecule has 2 aromatic carbocycles.